The molecule has 0 bridgehead atoms. The standard InChI is InChI=1S/C30H36N4O2/c1-2-19-33-28(29(35)32-20-18-31-22-26(32)21-23-12-6-3-7-13-23)27(24-14-8-4-9-15-24)34(30(33)36)25-16-10-5-11-17-25/h2-4,6-9,12-15,25-26,31H,1,5,10-11,16-22H2. The number of carbonyl (C=O) groups is 1. The Morgan fingerprint density at radius 3 is 2.39 bits per heavy atom. The summed E-state index contributed by atoms with van der Waals surface area (Å²) in [5.41, 5.74) is 3.28. The van der Waals surface area contributed by atoms with Crippen LogP contribution in [0.5, 0.6) is 0 Å². The fraction of sp³-hybridized carbons (Fsp3) is 0.400. The summed E-state index contributed by atoms with van der Waals surface area (Å²) in [5, 5.41) is 3.46. The van der Waals surface area contributed by atoms with Crippen molar-refractivity contribution in [3.05, 3.63) is 95.1 Å². The Hall–Kier alpha value is -3.38. The van der Waals surface area contributed by atoms with Crippen molar-refractivity contribution >= 4 is 5.91 Å². The van der Waals surface area contributed by atoms with E-state index in [4.69, 9.17) is 0 Å². The highest BCUT2D eigenvalue weighted by Gasteiger charge is 2.35. The van der Waals surface area contributed by atoms with Crippen LogP contribution in [0.3, 0.4) is 0 Å². The minimum Gasteiger partial charge on any atom is -0.331 e. The van der Waals surface area contributed by atoms with Crippen molar-refractivity contribution in [2.45, 2.75) is 57.2 Å². The summed E-state index contributed by atoms with van der Waals surface area (Å²) >= 11 is 0. The van der Waals surface area contributed by atoms with E-state index in [0.29, 0.717) is 18.8 Å². The van der Waals surface area contributed by atoms with Gasteiger partial charge in [-0.05, 0) is 24.8 Å². The molecule has 188 valence electrons. The molecule has 1 amide bonds. The maximum Gasteiger partial charge on any atom is 0.329 e. The molecule has 6 heteroatoms. The maximum absolute atomic E-state index is 14.4. The van der Waals surface area contributed by atoms with Crippen LogP contribution in [0.2, 0.25) is 0 Å². The third-order valence-electron chi connectivity index (χ3n) is 7.60. The molecule has 1 aliphatic heterocycles. The average molecular weight is 485 g/mol. The topological polar surface area (TPSA) is 59.3 Å². The molecular formula is C30H36N4O2. The predicted molar refractivity (Wildman–Crippen MR) is 144 cm³/mol. The van der Waals surface area contributed by atoms with Gasteiger partial charge in [0.1, 0.15) is 5.69 Å². The third kappa shape index (κ3) is 4.82. The Morgan fingerprint density at radius 1 is 1.00 bits per heavy atom. The van der Waals surface area contributed by atoms with Crippen molar-refractivity contribution < 1.29 is 4.79 Å². The Bertz CT molecular complexity index is 1240. The number of allylic oxidation sites excluding steroid dienone is 1. The molecule has 0 spiro atoms. The summed E-state index contributed by atoms with van der Waals surface area (Å²) in [5.74, 6) is -0.0650. The Labute approximate surface area is 213 Å². The highest BCUT2D eigenvalue weighted by Crippen LogP contribution is 2.34. The number of aromatic nitrogens is 2. The lowest BCUT2D eigenvalue weighted by atomic mass is 9.94. The van der Waals surface area contributed by atoms with E-state index in [2.05, 4.69) is 24.0 Å². The van der Waals surface area contributed by atoms with Gasteiger partial charge >= 0.3 is 5.69 Å². The molecule has 36 heavy (non-hydrogen) atoms. The fourth-order valence-electron chi connectivity index (χ4n) is 5.86. The van der Waals surface area contributed by atoms with E-state index in [9.17, 15) is 9.59 Å². The number of hydrogen-bond acceptors (Lipinski definition) is 3. The van der Waals surface area contributed by atoms with Crippen LogP contribution in [-0.2, 0) is 13.0 Å². The summed E-state index contributed by atoms with van der Waals surface area (Å²) in [6, 6.07) is 20.4. The molecule has 1 atom stereocenters. The number of imidazole rings is 1. The predicted octanol–water partition coefficient (Wildman–Crippen LogP) is 4.66. The second kappa shape index (κ2) is 11.1. The third-order valence-corrected chi connectivity index (χ3v) is 7.60. The van der Waals surface area contributed by atoms with E-state index in [0.717, 1.165) is 56.5 Å². The highest BCUT2D eigenvalue weighted by molar-refractivity contribution is 5.99. The molecule has 1 saturated carbocycles. The van der Waals surface area contributed by atoms with Gasteiger partial charge in [-0.1, -0.05) is 86.0 Å². The van der Waals surface area contributed by atoms with Crippen molar-refractivity contribution in [1.82, 2.24) is 19.4 Å². The highest BCUT2D eigenvalue weighted by atomic mass is 16.2. The number of carbonyl (C=O) groups excluding carboxylic acids is 1. The van der Waals surface area contributed by atoms with E-state index in [1.807, 2.05) is 58.0 Å². The number of rotatable bonds is 7. The molecule has 0 radical (unpaired) electrons. The SMILES string of the molecule is C=CCn1c(C(=O)N2CCNCC2Cc2ccccc2)c(-c2ccccc2)n(C2CCCCC2)c1=O. The van der Waals surface area contributed by atoms with Crippen LogP contribution >= 0.6 is 0 Å². The fourth-order valence-corrected chi connectivity index (χ4v) is 5.86. The molecule has 1 aliphatic carbocycles. The molecular weight excluding hydrogens is 448 g/mol. The van der Waals surface area contributed by atoms with Gasteiger partial charge < -0.3 is 10.2 Å². The maximum atomic E-state index is 14.4. The minimum atomic E-state index is -0.0984. The normalized spacial score (nSPS) is 18.8. The molecule has 1 saturated heterocycles. The van der Waals surface area contributed by atoms with Gasteiger partial charge in [-0.15, -0.1) is 6.58 Å². The molecule has 2 heterocycles. The molecule has 1 N–H and O–H groups in total. The zero-order chi connectivity index (χ0) is 24.9. The van der Waals surface area contributed by atoms with Gasteiger partial charge in [0.2, 0.25) is 0 Å². The summed E-state index contributed by atoms with van der Waals surface area (Å²) < 4.78 is 3.59. The number of nitrogens with zero attached hydrogens (tertiary/aromatic N) is 3. The van der Waals surface area contributed by atoms with Crippen LogP contribution in [0.15, 0.2) is 78.1 Å². The van der Waals surface area contributed by atoms with Gasteiger partial charge in [0.05, 0.1) is 5.69 Å². The number of hydrogen-bond donors (Lipinski definition) is 1. The summed E-state index contributed by atoms with van der Waals surface area (Å²) in [6.07, 6.45) is 7.85. The monoisotopic (exact) mass is 484 g/mol. The first kappa shape index (κ1) is 24.3. The van der Waals surface area contributed by atoms with Crippen LogP contribution in [0.1, 0.15) is 54.2 Å². The van der Waals surface area contributed by atoms with Gasteiger partial charge in [-0.3, -0.25) is 13.9 Å². The zero-order valence-electron chi connectivity index (χ0n) is 20.9. The molecule has 5 rings (SSSR count). The Kier molecular flexibility index (Phi) is 7.52. The number of benzene rings is 2. The number of nitrogens with one attached hydrogen (secondary N) is 1. The van der Waals surface area contributed by atoms with Gasteiger partial charge in [-0.2, -0.15) is 0 Å². The second-order valence-corrected chi connectivity index (χ2v) is 9.95. The summed E-state index contributed by atoms with van der Waals surface area (Å²) in [6.45, 7) is 6.30. The van der Waals surface area contributed by atoms with Gasteiger partial charge in [0, 0.05) is 43.8 Å². The first-order valence-corrected chi connectivity index (χ1v) is 13.3. The van der Waals surface area contributed by atoms with E-state index in [1.165, 1.54) is 12.0 Å². The molecule has 2 aromatic carbocycles. The van der Waals surface area contributed by atoms with Crippen molar-refractivity contribution in [2.24, 2.45) is 0 Å². The average Bonchev–Trinajstić information content (AvgIpc) is 3.22. The first-order chi connectivity index (χ1) is 17.7. The molecule has 1 unspecified atom stereocenters. The molecule has 3 aromatic rings. The van der Waals surface area contributed by atoms with Gasteiger partial charge in [-0.25, -0.2) is 4.79 Å². The largest absolute Gasteiger partial charge is 0.331 e. The van der Waals surface area contributed by atoms with Gasteiger partial charge in [0.15, 0.2) is 0 Å². The quantitative estimate of drug-likeness (QED) is 0.496. The molecule has 6 nitrogen and oxygen atoms in total. The van der Waals surface area contributed by atoms with E-state index in [1.54, 1.807) is 10.6 Å². The van der Waals surface area contributed by atoms with Crippen LogP contribution in [-0.4, -0.2) is 45.6 Å². The second-order valence-electron chi connectivity index (χ2n) is 9.95. The lowest BCUT2D eigenvalue weighted by molar-refractivity contribution is 0.0626. The van der Waals surface area contributed by atoms with Crippen molar-refractivity contribution in [1.29, 1.82) is 0 Å². The van der Waals surface area contributed by atoms with E-state index >= 15 is 0 Å². The smallest absolute Gasteiger partial charge is 0.329 e. The molecule has 1 aromatic heterocycles. The molecule has 2 aliphatic rings. The minimum absolute atomic E-state index is 0.0163. The number of piperazine rings is 1. The van der Waals surface area contributed by atoms with Crippen molar-refractivity contribution in [2.75, 3.05) is 19.6 Å². The van der Waals surface area contributed by atoms with E-state index < -0.39 is 0 Å². The van der Waals surface area contributed by atoms with Gasteiger partial charge in [0.25, 0.3) is 5.91 Å². The van der Waals surface area contributed by atoms with Crippen molar-refractivity contribution in [3.63, 3.8) is 0 Å². The first-order valence-electron chi connectivity index (χ1n) is 13.3. The lowest BCUT2D eigenvalue weighted by Gasteiger charge is -2.36. The van der Waals surface area contributed by atoms with E-state index in [-0.39, 0.29) is 23.7 Å². The van der Waals surface area contributed by atoms with Crippen LogP contribution in [0.4, 0.5) is 0 Å². The summed E-state index contributed by atoms with van der Waals surface area (Å²) in [4.78, 5) is 30.3. The Morgan fingerprint density at radius 2 is 1.69 bits per heavy atom. The Balaban J connectivity index is 1.63. The number of amides is 1. The molecule has 2 fully saturated rings. The van der Waals surface area contributed by atoms with Crippen LogP contribution in [0.25, 0.3) is 11.3 Å². The zero-order valence-corrected chi connectivity index (χ0v) is 20.9. The van der Waals surface area contributed by atoms with Crippen molar-refractivity contribution in [3.8, 4) is 11.3 Å². The van der Waals surface area contributed by atoms with Crippen LogP contribution in [0, 0.1) is 0 Å². The summed E-state index contributed by atoms with van der Waals surface area (Å²) in [7, 11) is 0. The van der Waals surface area contributed by atoms with Crippen LogP contribution < -0.4 is 11.0 Å². The lowest BCUT2D eigenvalue weighted by Crippen LogP contribution is -2.55.